The van der Waals surface area contributed by atoms with E-state index >= 15 is 0 Å². The van der Waals surface area contributed by atoms with Crippen LogP contribution in [0.3, 0.4) is 0 Å². The molecule has 0 radical (unpaired) electrons. The topological polar surface area (TPSA) is 38.3 Å². The minimum Gasteiger partial charge on any atom is -0.489 e. The fourth-order valence-electron chi connectivity index (χ4n) is 4.53. The van der Waals surface area contributed by atoms with Gasteiger partial charge in [-0.25, -0.2) is 4.39 Å². The molecule has 2 aromatic carbocycles. The second-order valence-corrected chi connectivity index (χ2v) is 9.49. The molecule has 30 heavy (non-hydrogen) atoms. The third kappa shape index (κ3) is 3.74. The third-order valence-electron chi connectivity index (χ3n) is 6.14. The highest BCUT2D eigenvalue weighted by Gasteiger charge is 2.34. The van der Waals surface area contributed by atoms with Crippen LogP contribution in [0, 0.1) is 11.7 Å². The molecule has 0 bridgehead atoms. The van der Waals surface area contributed by atoms with Crippen LogP contribution in [-0.2, 0) is 24.2 Å². The maximum absolute atomic E-state index is 13.0. The Labute approximate surface area is 179 Å². The van der Waals surface area contributed by atoms with Gasteiger partial charge in [-0.05, 0) is 71.7 Å². The highest BCUT2D eigenvalue weighted by Crippen LogP contribution is 2.48. The van der Waals surface area contributed by atoms with E-state index in [0.29, 0.717) is 18.9 Å². The lowest BCUT2D eigenvalue weighted by Crippen LogP contribution is -2.23. The first kappa shape index (κ1) is 19.3. The maximum atomic E-state index is 13.0. The van der Waals surface area contributed by atoms with E-state index in [0.717, 1.165) is 34.7 Å². The van der Waals surface area contributed by atoms with E-state index in [1.165, 1.54) is 34.6 Å². The van der Waals surface area contributed by atoms with Crippen molar-refractivity contribution in [1.82, 2.24) is 0 Å². The second-order valence-electron chi connectivity index (χ2n) is 8.38. The summed E-state index contributed by atoms with van der Waals surface area (Å²) < 4.78 is 18.9. The van der Waals surface area contributed by atoms with Crippen LogP contribution in [0.1, 0.15) is 52.8 Å². The molecule has 2 aliphatic rings. The molecular weight excluding hydrogens is 397 g/mol. The molecule has 5 heteroatoms. The normalized spacial score (nSPS) is 20.3. The molecular formula is C25H24FNO2S. The van der Waals surface area contributed by atoms with Crippen molar-refractivity contribution in [1.29, 1.82) is 0 Å². The monoisotopic (exact) mass is 421 g/mol. The van der Waals surface area contributed by atoms with Crippen molar-refractivity contribution < 1.29 is 13.9 Å². The third-order valence-corrected chi connectivity index (χ3v) is 7.33. The van der Waals surface area contributed by atoms with Crippen molar-refractivity contribution in [2.24, 2.45) is 5.92 Å². The van der Waals surface area contributed by atoms with Gasteiger partial charge in [0.1, 0.15) is 18.2 Å². The van der Waals surface area contributed by atoms with Gasteiger partial charge < -0.3 is 10.1 Å². The van der Waals surface area contributed by atoms with Crippen molar-refractivity contribution in [3.63, 3.8) is 0 Å². The molecule has 0 fully saturated rings. The molecule has 3 aromatic rings. The summed E-state index contributed by atoms with van der Waals surface area (Å²) >= 11 is 1.77. The van der Waals surface area contributed by atoms with Crippen LogP contribution < -0.4 is 10.1 Å². The summed E-state index contributed by atoms with van der Waals surface area (Å²) in [5.41, 5.74) is 4.88. The summed E-state index contributed by atoms with van der Waals surface area (Å²) in [5.74, 6) is 1.43. The Morgan fingerprint density at radius 2 is 1.87 bits per heavy atom. The molecule has 154 valence electrons. The summed E-state index contributed by atoms with van der Waals surface area (Å²) in [5, 5.41) is 4.16. The second kappa shape index (κ2) is 7.88. The largest absolute Gasteiger partial charge is 0.489 e. The summed E-state index contributed by atoms with van der Waals surface area (Å²) in [6.07, 6.45) is 3.92. The van der Waals surface area contributed by atoms with Crippen LogP contribution in [0.15, 0.2) is 48.5 Å². The Morgan fingerprint density at radius 1 is 1.10 bits per heavy atom. The minimum absolute atomic E-state index is 0.0933. The number of carbonyl (C=O) groups excluding carboxylic acids is 1. The van der Waals surface area contributed by atoms with E-state index in [1.807, 2.05) is 12.1 Å². The summed E-state index contributed by atoms with van der Waals surface area (Å²) in [6.45, 7) is 2.70. The number of hydrogen-bond donors (Lipinski definition) is 1. The van der Waals surface area contributed by atoms with E-state index in [1.54, 1.807) is 23.5 Å². The zero-order valence-corrected chi connectivity index (χ0v) is 17.7. The Morgan fingerprint density at radius 3 is 2.63 bits per heavy atom. The summed E-state index contributed by atoms with van der Waals surface area (Å²) in [6, 6.07) is 14.4. The Bertz CT molecular complexity index is 1070. The number of nitrogens with one attached hydrogen (secondary N) is 1. The van der Waals surface area contributed by atoms with Crippen molar-refractivity contribution in [2.75, 3.05) is 5.32 Å². The zero-order valence-electron chi connectivity index (χ0n) is 16.9. The van der Waals surface area contributed by atoms with Crippen LogP contribution in [-0.4, -0.2) is 5.91 Å². The number of hydrogen-bond acceptors (Lipinski definition) is 3. The Balaban J connectivity index is 1.37. The highest BCUT2D eigenvalue weighted by molar-refractivity contribution is 7.16. The van der Waals surface area contributed by atoms with Gasteiger partial charge in [0.2, 0.25) is 5.91 Å². The first-order chi connectivity index (χ1) is 14.6. The lowest BCUT2D eigenvalue weighted by atomic mass is 9.80. The maximum Gasteiger partial charge on any atom is 0.225 e. The zero-order chi connectivity index (χ0) is 20.7. The van der Waals surface area contributed by atoms with E-state index in [9.17, 15) is 9.18 Å². The van der Waals surface area contributed by atoms with Gasteiger partial charge in [-0.15, -0.1) is 11.3 Å². The number of fused-ring (bicyclic) bond motifs is 3. The molecule has 0 unspecified atom stereocenters. The van der Waals surface area contributed by atoms with Crippen LogP contribution in [0.25, 0.3) is 0 Å². The summed E-state index contributed by atoms with van der Waals surface area (Å²) in [7, 11) is 0. The average Bonchev–Trinajstić information content (AvgIpc) is 3.10. The smallest absolute Gasteiger partial charge is 0.225 e. The van der Waals surface area contributed by atoms with Gasteiger partial charge in [-0.2, -0.15) is 0 Å². The van der Waals surface area contributed by atoms with Gasteiger partial charge in [0.05, 0.1) is 5.00 Å². The SMILES string of the molecule is C[C@H]1CCc2c(sc3c2[C@@H](c2ccc(OCc4ccc(F)cc4)cc2)CC(=O)N3)C1. The number of thiophene rings is 1. The molecule has 0 saturated heterocycles. The first-order valence-electron chi connectivity index (χ1n) is 10.5. The molecule has 1 amide bonds. The first-order valence-corrected chi connectivity index (χ1v) is 11.3. The van der Waals surface area contributed by atoms with Crippen LogP contribution in [0.2, 0.25) is 0 Å². The molecule has 0 saturated carbocycles. The predicted molar refractivity (Wildman–Crippen MR) is 118 cm³/mol. The molecule has 2 heterocycles. The number of carbonyl (C=O) groups is 1. The van der Waals surface area contributed by atoms with Crippen molar-refractivity contribution in [2.45, 2.75) is 45.1 Å². The van der Waals surface area contributed by atoms with E-state index in [-0.39, 0.29) is 17.6 Å². The predicted octanol–water partition coefficient (Wildman–Crippen LogP) is 6.07. The van der Waals surface area contributed by atoms with Crippen molar-refractivity contribution in [3.8, 4) is 5.75 Å². The van der Waals surface area contributed by atoms with Gasteiger partial charge >= 0.3 is 0 Å². The van der Waals surface area contributed by atoms with Gasteiger partial charge in [0.25, 0.3) is 0 Å². The number of benzene rings is 2. The molecule has 1 aliphatic heterocycles. The van der Waals surface area contributed by atoms with E-state index in [4.69, 9.17) is 4.74 Å². The highest BCUT2D eigenvalue weighted by atomic mass is 32.1. The number of amides is 1. The van der Waals surface area contributed by atoms with E-state index in [2.05, 4.69) is 24.4 Å². The molecule has 2 atom stereocenters. The Kier molecular flexibility index (Phi) is 5.07. The van der Waals surface area contributed by atoms with Gasteiger partial charge in [0, 0.05) is 17.2 Å². The molecule has 1 aliphatic carbocycles. The fraction of sp³-hybridized carbons (Fsp3) is 0.320. The van der Waals surface area contributed by atoms with Gasteiger partial charge in [-0.3, -0.25) is 4.79 Å². The molecule has 1 aromatic heterocycles. The fourth-order valence-corrected chi connectivity index (χ4v) is 6.02. The van der Waals surface area contributed by atoms with Gasteiger partial charge in [-0.1, -0.05) is 31.2 Å². The Hall–Kier alpha value is -2.66. The van der Waals surface area contributed by atoms with Gasteiger partial charge in [0.15, 0.2) is 0 Å². The van der Waals surface area contributed by atoms with E-state index < -0.39 is 0 Å². The average molecular weight is 422 g/mol. The van der Waals surface area contributed by atoms with Crippen molar-refractivity contribution >= 4 is 22.2 Å². The minimum atomic E-state index is -0.246. The lowest BCUT2D eigenvalue weighted by Gasteiger charge is -2.26. The molecule has 5 rings (SSSR count). The molecule has 0 spiro atoms. The lowest BCUT2D eigenvalue weighted by molar-refractivity contribution is -0.116. The number of anilines is 1. The van der Waals surface area contributed by atoms with Crippen LogP contribution >= 0.6 is 11.3 Å². The standard InChI is InChI=1S/C25H24FNO2S/c1-15-2-11-20-22(12-15)30-25-24(20)21(13-23(28)27-25)17-5-9-19(10-6-17)29-14-16-3-7-18(26)8-4-16/h3-10,15,21H,2,11-14H2,1H3,(H,27,28)/t15-,21+/m0/s1. The summed E-state index contributed by atoms with van der Waals surface area (Å²) in [4.78, 5) is 13.8. The number of rotatable bonds is 4. The molecule has 3 nitrogen and oxygen atoms in total. The van der Waals surface area contributed by atoms with Crippen LogP contribution in [0.4, 0.5) is 9.39 Å². The number of ether oxygens (including phenoxy) is 1. The molecule has 1 N–H and O–H groups in total. The quantitative estimate of drug-likeness (QED) is 0.556. The van der Waals surface area contributed by atoms with Crippen molar-refractivity contribution in [3.05, 3.63) is 81.5 Å². The number of halogens is 1. The van der Waals surface area contributed by atoms with Crippen LogP contribution in [0.5, 0.6) is 5.75 Å².